The molecular formula is C17H12ClN3O3S. The van der Waals surface area contributed by atoms with E-state index in [1.165, 1.54) is 23.9 Å². The predicted molar refractivity (Wildman–Crippen MR) is 100 cm³/mol. The third-order valence-electron chi connectivity index (χ3n) is 3.43. The molecule has 1 fully saturated rings. The Bertz CT molecular complexity index is 923. The molecule has 1 aliphatic heterocycles. The van der Waals surface area contributed by atoms with Gasteiger partial charge >= 0.3 is 0 Å². The Morgan fingerprint density at radius 3 is 2.60 bits per heavy atom. The lowest BCUT2D eigenvalue weighted by atomic mass is 10.2. The minimum atomic E-state index is -0.455. The van der Waals surface area contributed by atoms with Crippen LogP contribution in [-0.2, 0) is 4.79 Å². The molecule has 0 aromatic heterocycles. The molecule has 0 atom stereocenters. The first-order chi connectivity index (χ1) is 11.9. The van der Waals surface area contributed by atoms with E-state index >= 15 is 0 Å². The van der Waals surface area contributed by atoms with Gasteiger partial charge in [0.05, 0.1) is 15.5 Å². The predicted octanol–water partition coefficient (Wildman–Crippen LogP) is 4.45. The van der Waals surface area contributed by atoms with Crippen LogP contribution in [0, 0.1) is 17.0 Å². The fourth-order valence-electron chi connectivity index (χ4n) is 2.18. The largest absolute Gasteiger partial charge is 0.300 e. The number of nitro benzene ring substituents is 1. The van der Waals surface area contributed by atoms with Crippen LogP contribution in [-0.4, -0.2) is 16.0 Å². The number of nitrogens with one attached hydrogen (secondary N) is 1. The van der Waals surface area contributed by atoms with Gasteiger partial charge < -0.3 is 5.32 Å². The van der Waals surface area contributed by atoms with Crippen molar-refractivity contribution >= 4 is 51.9 Å². The van der Waals surface area contributed by atoms with Crippen molar-refractivity contribution in [3.63, 3.8) is 0 Å². The van der Waals surface area contributed by atoms with Gasteiger partial charge in [-0.15, -0.1) is 0 Å². The molecule has 1 saturated heterocycles. The number of hydrogen-bond acceptors (Lipinski definition) is 5. The van der Waals surface area contributed by atoms with Crippen LogP contribution in [0.4, 0.5) is 11.4 Å². The Labute approximate surface area is 152 Å². The molecule has 0 saturated carbocycles. The number of amides is 1. The molecule has 0 bridgehead atoms. The maximum absolute atomic E-state index is 12.1. The van der Waals surface area contributed by atoms with E-state index in [4.69, 9.17) is 11.6 Å². The normalized spacial score (nSPS) is 17.1. The van der Waals surface area contributed by atoms with Crippen LogP contribution in [0.2, 0.25) is 5.02 Å². The van der Waals surface area contributed by atoms with E-state index in [0.29, 0.717) is 26.3 Å². The highest BCUT2D eigenvalue weighted by Gasteiger charge is 2.24. The Balaban J connectivity index is 1.83. The third kappa shape index (κ3) is 4.07. The molecule has 2 aromatic rings. The summed E-state index contributed by atoms with van der Waals surface area (Å²) >= 11 is 7.06. The molecule has 1 heterocycles. The van der Waals surface area contributed by atoms with Crippen molar-refractivity contribution < 1.29 is 9.72 Å². The van der Waals surface area contributed by atoms with Gasteiger partial charge in [0, 0.05) is 17.2 Å². The molecule has 0 spiro atoms. The molecule has 0 unspecified atom stereocenters. The molecule has 1 N–H and O–H groups in total. The van der Waals surface area contributed by atoms with E-state index in [-0.39, 0.29) is 11.6 Å². The summed E-state index contributed by atoms with van der Waals surface area (Å²) in [5, 5.41) is 14.5. The van der Waals surface area contributed by atoms with Gasteiger partial charge in [0.15, 0.2) is 5.17 Å². The summed E-state index contributed by atoms with van der Waals surface area (Å²) in [5.41, 5.74) is 2.09. The second kappa shape index (κ2) is 7.08. The van der Waals surface area contributed by atoms with Crippen molar-refractivity contribution in [3.8, 4) is 0 Å². The van der Waals surface area contributed by atoms with E-state index in [1.54, 1.807) is 31.2 Å². The molecule has 3 rings (SSSR count). The zero-order chi connectivity index (χ0) is 18.0. The molecule has 2 aromatic carbocycles. The highest BCUT2D eigenvalue weighted by molar-refractivity contribution is 8.18. The van der Waals surface area contributed by atoms with Gasteiger partial charge in [0.1, 0.15) is 0 Å². The second-order valence-corrected chi connectivity index (χ2v) is 6.73. The van der Waals surface area contributed by atoms with E-state index < -0.39 is 4.92 Å². The standard InChI is InChI=1S/C17H12ClN3O3S/c1-10-8-13(21(23)24)6-7-14(10)19-17-20-16(22)15(25-17)9-11-2-4-12(18)5-3-11/h2-9H,1H3,(H,19,20,22)/b15-9+. The maximum atomic E-state index is 12.1. The van der Waals surface area contributed by atoms with E-state index in [2.05, 4.69) is 10.3 Å². The number of amidine groups is 1. The Morgan fingerprint density at radius 2 is 1.96 bits per heavy atom. The lowest BCUT2D eigenvalue weighted by Gasteiger charge is -2.01. The number of non-ortho nitro benzene ring substituents is 1. The molecule has 25 heavy (non-hydrogen) atoms. The molecule has 0 radical (unpaired) electrons. The molecular weight excluding hydrogens is 362 g/mol. The number of nitrogens with zero attached hydrogens (tertiary/aromatic N) is 2. The number of carbonyl (C=O) groups excluding carboxylic acids is 1. The third-order valence-corrected chi connectivity index (χ3v) is 4.59. The average Bonchev–Trinajstić information content (AvgIpc) is 2.91. The summed E-state index contributed by atoms with van der Waals surface area (Å²) in [4.78, 5) is 27.3. The number of benzene rings is 2. The summed E-state index contributed by atoms with van der Waals surface area (Å²) in [6.07, 6.45) is 1.75. The fourth-order valence-corrected chi connectivity index (χ4v) is 3.14. The zero-order valence-corrected chi connectivity index (χ0v) is 14.6. The summed E-state index contributed by atoms with van der Waals surface area (Å²) in [6.45, 7) is 1.73. The van der Waals surface area contributed by atoms with Crippen molar-refractivity contribution in [2.45, 2.75) is 6.92 Å². The van der Waals surface area contributed by atoms with Crippen molar-refractivity contribution in [3.05, 3.63) is 73.6 Å². The lowest BCUT2D eigenvalue weighted by Crippen LogP contribution is -2.19. The number of carbonyl (C=O) groups is 1. The summed E-state index contributed by atoms with van der Waals surface area (Å²) < 4.78 is 0. The summed E-state index contributed by atoms with van der Waals surface area (Å²) in [7, 11) is 0. The van der Waals surface area contributed by atoms with Gasteiger partial charge in [-0.05, 0) is 54.1 Å². The number of hydrogen-bond donors (Lipinski definition) is 1. The van der Waals surface area contributed by atoms with Crippen LogP contribution >= 0.6 is 23.4 Å². The molecule has 6 nitrogen and oxygen atoms in total. The van der Waals surface area contributed by atoms with Crippen LogP contribution < -0.4 is 5.32 Å². The van der Waals surface area contributed by atoms with Crippen LogP contribution in [0.1, 0.15) is 11.1 Å². The SMILES string of the molecule is Cc1cc([N+](=O)[O-])ccc1N=C1NC(=O)/C(=C\c2ccc(Cl)cc2)S1. The molecule has 126 valence electrons. The number of halogens is 1. The topological polar surface area (TPSA) is 84.6 Å². The van der Waals surface area contributed by atoms with Crippen LogP contribution in [0.15, 0.2) is 52.4 Å². The number of aliphatic imine (C=N–C) groups is 1. The van der Waals surface area contributed by atoms with Gasteiger partial charge in [0.25, 0.3) is 11.6 Å². The minimum Gasteiger partial charge on any atom is -0.300 e. The fraction of sp³-hybridized carbons (Fsp3) is 0.0588. The van der Waals surface area contributed by atoms with Gasteiger partial charge in [-0.1, -0.05) is 23.7 Å². The van der Waals surface area contributed by atoms with Crippen LogP contribution in [0.25, 0.3) is 6.08 Å². The van der Waals surface area contributed by atoms with E-state index in [0.717, 1.165) is 5.56 Å². The van der Waals surface area contributed by atoms with Crippen LogP contribution in [0.5, 0.6) is 0 Å². The number of nitro groups is 1. The van der Waals surface area contributed by atoms with Gasteiger partial charge in [-0.25, -0.2) is 4.99 Å². The zero-order valence-electron chi connectivity index (χ0n) is 13.0. The Morgan fingerprint density at radius 1 is 1.24 bits per heavy atom. The van der Waals surface area contributed by atoms with Crippen molar-refractivity contribution in [1.29, 1.82) is 0 Å². The highest BCUT2D eigenvalue weighted by Crippen LogP contribution is 2.30. The van der Waals surface area contributed by atoms with Crippen LogP contribution in [0.3, 0.4) is 0 Å². The molecule has 1 amide bonds. The van der Waals surface area contributed by atoms with Gasteiger partial charge in [-0.2, -0.15) is 0 Å². The van der Waals surface area contributed by atoms with Gasteiger partial charge in [0.2, 0.25) is 0 Å². The monoisotopic (exact) mass is 373 g/mol. The minimum absolute atomic E-state index is 0.00730. The number of thioether (sulfide) groups is 1. The first-order valence-electron chi connectivity index (χ1n) is 7.22. The Kier molecular flexibility index (Phi) is 4.87. The summed E-state index contributed by atoms with van der Waals surface area (Å²) in [5.74, 6) is -0.238. The van der Waals surface area contributed by atoms with Crippen molar-refractivity contribution in [2.75, 3.05) is 0 Å². The quantitative estimate of drug-likeness (QED) is 0.489. The average molecular weight is 374 g/mol. The number of aryl methyl sites for hydroxylation is 1. The maximum Gasteiger partial charge on any atom is 0.269 e. The molecule has 1 aliphatic rings. The molecule has 8 heteroatoms. The number of rotatable bonds is 3. The lowest BCUT2D eigenvalue weighted by molar-refractivity contribution is -0.384. The van der Waals surface area contributed by atoms with Crippen molar-refractivity contribution in [1.82, 2.24) is 5.32 Å². The second-order valence-electron chi connectivity index (χ2n) is 5.26. The van der Waals surface area contributed by atoms with Gasteiger partial charge in [-0.3, -0.25) is 14.9 Å². The van der Waals surface area contributed by atoms with E-state index in [9.17, 15) is 14.9 Å². The first kappa shape index (κ1) is 17.2. The van der Waals surface area contributed by atoms with Crippen molar-refractivity contribution in [2.24, 2.45) is 4.99 Å². The smallest absolute Gasteiger partial charge is 0.269 e. The Hall–Kier alpha value is -2.64. The highest BCUT2D eigenvalue weighted by atomic mass is 35.5. The summed E-state index contributed by atoms with van der Waals surface area (Å²) in [6, 6.07) is 11.5. The first-order valence-corrected chi connectivity index (χ1v) is 8.42. The van der Waals surface area contributed by atoms with E-state index in [1.807, 2.05) is 12.1 Å². The molecule has 0 aliphatic carbocycles.